The lowest BCUT2D eigenvalue weighted by atomic mass is 10.0. The van der Waals surface area contributed by atoms with Crippen LogP contribution in [-0.2, 0) is 0 Å². The summed E-state index contributed by atoms with van der Waals surface area (Å²) in [5, 5.41) is -0.301. The summed E-state index contributed by atoms with van der Waals surface area (Å²) < 4.78 is 27.1. The molecule has 1 unspecified atom stereocenters. The minimum Gasteiger partial charge on any atom is -0.207 e. The van der Waals surface area contributed by atoms with Gasteiger partial charge in [0, 0.05) is 15.6 Å². The number of aryl methyl sites for hydroxylation is 1. The molecule has 0 nitrogen and oxygen atoms in total. The van der Waals surface area contributed by atoms with Crippen molar-refractivity contribution >= 4 is 34.8 Å². The van der Waals surface area contributed by atoms with Gasteiger partial charge in [0.2, 0.25) is 0 Å². The minimum absolute atomic E-state index is 0.155. The lowest BCUT2D eigenvalue weighted by Crippen LogP contribution is -2.00. The van der Waals surface area contributed by atoms with Crippen LogP contribution in [0.1, 0.15) is 22.1 Å². The number of rotatable bonds is 2. The zero-order valence-electron chi connectivity index (χ0n) is 9.85. The fourth-order valence-electron chi connectivity index (χ4n) is 1.75. The third kappa shape index (κ3) is 3.02. The van der Waals surface area contributed by atoms with Crippen LogP contribution in [-0.4, -0.2) is 0 Å². The van der Waals surface area contributed by atoms with Crippen LogP contribution in [0.25, 0.3) is 0 Å². The Kier molecular flexibility index (Phi) is 4.34. The molecule has 0 amide bonds. The molecular weight excluding hydrogens is 313 g/mol. The summed E-state index contributed by atoms with van der Waals surface area (Å²) in [6, 6.07) is 6.78. The predicted molar refractivity (Wildman–Crippen MR) is 75.3 cm³/mol. The lowest BCUT2D eigenvalue weighted by molar-refractivity contribution is 0.610. The van der Waals surface area contributed by atoms with E-state index in [9.17, 15) is 8.78 Å². The van der Waals surface area contributed by atoms with Crippen molar-refractivity contribution in [2.75, 3.05) is 0 Å². The Labute approximate surface area is 124 Å². The fourth-order valence-corrected chi connectivity index (χ4v) is 2.59. The molecule has 0 aliphatic heterocycles. The molecule has 0 fully saturated rings. The highest BCUT2D eigenvalue weighted by Crippen LogP contribution is 2.37. The Morgan fingerprint density at radius 2 is 1.63 bits per heavy atom. The van der Waals surface area contributed by atoms with Crippen molar-refractivity contribution in [3.8, 4) is 0 Å². The van der Waals surface area contributed by atoms with E-state index in [-0.39, 0.29) is 10.6 Å². The molecule has 19 heavy (non-hydrogen) atoms. The number of hydrogen-bond acceptors (Lipinski definition) is 0. The molecule has 0 aliphatic carbocycles. The van der Waals surface area contributed by atoms with Crippen LogP contribution in [0.4, 0.5) is 8.78 Å². The molecule has 0 aromatic heterocycles. The van der Waals surface area contributed by atoms with Crippen molar-refractivity contribution < 1.29 is 8.78 Å². The van der Waals surface area contributed by atoms with Gasteiger partial charge in [-0.15, -0.1) is 11.6 Å². The number of alkyl halides is 1. The van der Waals surface area contributed by atoms with Gasteiger partial charge in [0.15, 0.2) is 0 Å². The molecule has 0 saturated carbocycles. The third-order valence-corrected chi connectivity index (χ3v) is 3.81. The summed E-state index contributed by atoms with van der Waals surface area (Å²) in [6.07, 6.45) is 0. The zero-order chi connectivity index (χ0) is 14.2. The van der Waals surface area contributed by atoms with E-state index in [0.717, 1.165) is 0 Å². The number of benzene rings is 2. The van der Waals surface area contributed by atoms with Crippen molar-refractivity contribution in [1.82, 2.24) is 0 Å². The summed E-state index contributed by atoms with van der Waals surface area (Å²) in [6.45, 7) is 1.59. The van der Waals surface area contributed by atoms with Gasteiger partial charge in [-0.1, -0.05) is 23.2 Å². The molecule has 0 heterocycles. The van der Waals surface area contributed by atoms with Gasteiger partial charge >= 0.3 is 0 Å². The van der Waals surface area contributed by atoms with E-state index in [1.165, 1.54) is 30.3 Å². The molecule has 0 aliphatic rings. The lowest BCUT2D eigenvalue weighted by Gasteiger charge is -2.14. The Bertz CT molecular complexity index is 626. The second-order valence-corrected chi connectivity index (χ2v) is 5.43. The zero-order valence-corrected chi connectivity index (χ0v) is 12.1. The van der Waals surface area contributed by atoms with Crippen molar-refractivity contribution in [1.29, 1.82) is 0 Å². The Morgan fingerprint density at radius 1 is 0.947 bits per heavy atom. The third-order valence-electron chi connectivity index (χ3n) is 2.78. The maximum Gasteiger partial charge on any atom is 0.128 e. The van der Waals surface area contributed by atoms with Crippen LogP contribution >= 0.6 is 34.8 Å². The first kappa shape index (κ1) is 14.6. The summed E-state index contributed by atoms with van der Waals surface area (Å²) in [7, 11) is 0. The molecule has 2 aromatic rings. The van der Waals surface area contributed by atoms with Crippen LogP contribution in [0.2, 0.25) is 10.0 Å². The molecule has 2 aromatic carbocycles. The maximum atomic E-state index is 13.8. The van der Waals surface area contributed by atoms with E-state index in [4.69, 9.17) is 34.8 Å². The predicted octanol–water partition coefficient (Wildman–Crippen LogP) is 5.91. The van der Waals surface area contributed by atoms with Crippen LogP contribution < -0.4 is 0 Å². The molecule has 5 heteroatoms. The SMILES string of the molecule is Cc1cc(C(Cl)c2cc(Cl)ccc2F)c(Cl)cc1F. The average molecular weight is 322 g/mol. The van der Waals surface area contributed by atoms with E-state index in [1.807, 2.05) is 0 Å². The highest BCUT2D eigenvalue weighted by molar-refractivity contribution is 6.33. The Hall–Kier alpha value is -0.830. The molecular formula is C14H9Cl3F2. The van der Waals surface area contributed by atoms with Gasteiger partial charge < -0.3 is 0 Å². The van der Waals surface area contributed by atoms with E-state index >= 15 is 0 Å². The highest BCUT2D eigenvalue weighted by Gasteiger charge is 2.19. The van der Waals surface area contributed by atoms with E-state index < -0.39 is 17.0 Å². The van der Waals surface area contributed by atoms with Crippen LogP contribution in [0, 0.1) is 18.6 Å². The largest absolute Gasteiger partial charge is 0.207 e. The van der Waals surface area contributed by atoms with E-state index in [0.29, 0.717) is 16.1 Å². The fraction of sp³-hybridized carbons (Fsp3) is 0.143. The Morgan fingerprint density at radius 3 is 2.32 bits per heavy atom. The normalized spacial score (nSPS) is 12.5. The second-order valence-electron chi connectivity index (χ2n) is 4.15. The van der Waals surface area contributed by atoms with Gasteiger partial charge in [-0.2, -0.15) is 0 Å². The molecule has 0 N–H and O–H groups in total. The maximum absolute atomic E-state index is 13.8. The second kappa shape index (κ2) is 5.66. The van der Waals surface area contributed by atoms with Crippen molar-refractivity contribution in [3.63, 3.8) is 0 Å². The molecule has 0 bridgehead atoms. The summed E-state index contributed by atoms with van der Waals surface area (Å²) in [5.41, 5.74) is 1.05. The average Bonchev–Trinajstić information content (AvgIpc) is 2.36. The van der Waals surface area contributed by atoms with Gasteiger partial charge in [0.1, 0.15) is 11.6 Å². The summed E-state index contributed by atoms with van der Waals surface area (Å²) in [5.74, 6) is -0.911. The first-order valence-electron chi connectivity index (χ1n) is 5.44. The van der Waals surface area contributed by atoms with Crippen LogP contribution in [0.3, 0.4) is 0 Å². The van der Waals surface area contributed by atoms with Gasteiger partial charge in [-0.25, -0.2) is 8.78 Å². The molecule has 1 atom stereocenters. The summed E-state index contributed by atoms with van der Waals surface area (Å²) >= 11 is 18.0. The number of halogens is 5. The molecule has 100 valence electrons. The van der Waals surface area contributed by atoms with Crippen molar-refractivity contribution in [3.05, 3.63) is 68.7 Å². The van der Waals surface area contributed by atoms with Gasteiger partial charge in [-0.3, -0.25) is 0 Å². The first-order valence-corrected chi connectivity index (χ1v) is 6.64. The first-order chi connectivity index (χ1) is 8.90. The van der Waals surface area contributed by atoms with Gasteiger partial charge in [-0.05, 0) is 48.4 Å². The monoisotopic (exact) mass is 320 g/mol. The standard InChI is InChI=1S/C14H9Cl3F2/c1-7-4-9(11(16)6-13(7)19)14(17)10-5-8(15)2-3-12(10)18/h2-6,14H,1H3. The van der Waals surface area contributed by atoms with Crippen LogP contribution in [0.5, 0.6) is 0 Å². The van der Waals surface area contributed by atoms with Gasteiger partial charge in [0.05, 0.1) is 5.38 Å². The van der Waals surface area contributed by atoms with Gasteiger partial charge in [0.25, 0.3) is 0 Å². The topological polar surface area (TPSA) is 0 Å². The Balaban J connectivity index is 2.52. The van der Waals surface area contributed by atoms with E-state index in [2.05, 4.69) is 0 Å². The smallest absolute Gasteiger partial charge is 0.128 e. The molecule has 2 rings (SSSR count). The van der Waals surface area contributed by atoms with Crippen molar-refractivity contribution in [2.24, 2.45) is 0 Å². The summed E-state index contributed by atoms with van der Waals surface area (Å²) in [4.78, 5) is 0. The number of hydrogen-bond donors (Lipinski definition) is 0. The molecule has 0 radical (unpaired) electrons. The van der Waals surface area contributed by atoms with Crippen molar-refractivity contribution in [2.45, 2.75) is 12.3 Å². The highest BCUT2D eigenvalue weighted by atomic mass is 35.5. The quantitative estimate of drug-likeness (QED) is 0.603. The van der Waals surface area contributed by atoms with E-state index in [1.54, 1.807) is 6.92 Å². The minimum atomic E-state index is -0.828. The van der Waals surface area contributed by atoms with Crippen LogP contribution in [0.15, 0.2) is 30.3 Å². The molecule has 0 spiro atoms. The molecule has 0 saturated heterocycles.